The van der Waals surface area contributed by atoms with Crippen molar-refractivity contribution in [2.45, 2.75) is 13.8 Å². The topological polar surface area (TPSA) is 112 Å². The lowest BCUT2D eigenvalue weighted by Gasteiger charge is -2.13. The van der Waals surface area contributed by atoms with Gasteiger partial charge in [-0.15, -0.1) is 0 Å². The molecule has 0 saturated heterocycles. The number of carboxylic acids is 1. The Bertz CT molecular complexity index is 1150. The Morgan fingerprint density at radius 2 is 2.03 bits per heavy atom. The van der Waals surface area contributed by atoms with Crippen LogP contribution in [0.1, 0.15) is 29.8 Å². The number of nitrogens with zero attached hydrogens (tertiary/aromatic N) is 3. The van der Waals surface area contributed by atoms with Crippen molar-refractivity contribution >= 4 is 41.0 Å². The Balaban J connectivity index is 1.93. The SMILES string of the molecule is CCOc1cc(/C=C2\C(=O)N(c3ccc(Cl)c(C(=O)O)c3)N=C2C)ccc1OCC#N. The van der Waals surface area contributed by atoms with E-state index in [4.69, 9.17) is 26.3 Å². The van der Waals surface area contributed by atoms with Crippen LogP contribution < -0.4 is 14.5 Å². The van der Waals surface area contributed by atoms with Gasteiger partial charge >= 0.3 is 5.97 Å². The molecule has 0 spiro atoms. The summed E-state index contributed by atoms with van der Waals surface area (Å²) < 4.78 is 10.9. The van der Waals surface area contributed by atoms with Crippen LogP contribution in [0.5, 0.6) is 11.5 Å². The molecule has 1 N–H and O–H groups in total. The summed E-state index contributed by atoms with van der Waals surface area (Å²) in [6.45, 7) is 3.80. The lowest BCUT2D eigenvalue weighted by molar-refractivity contribution is -0.114. The molecule has 1 heterocycles. The number of anilines is 1. The number of rotatable bonds is 7. The third-order valence-electron chi connectivity index (χ3n) is 4.36. The zero-order valence-corrected chi connectivity index (χ0v) is 17.5. The molecule has 1 aliphatic rings. The van der Waals surface area contributed by atoms with Crippen LogP contribution in [0.25, 0.3) is 6.08 Å². The molecule has 9 heteroatoms. The van der Waals surface area contributed by atoms with E-state index in [0.29, 0.717) is 40.6 Å². The number of aromatic carboxylic acids is 1. The van der Waals surface area contributed by atoms with Crippen LogP contribution in [0, 0.1) is 11.3 Å². The molecule has 0 unspecified atom stereocenters. The predicted molar refractivity (Wildman–Crippen MR) is 116 cm³/mol. The van der Waals surface area contributed by atoms with E-state index in [-0.39, 0.29) is 17.2 Å². The van der Waals surface area contributed by atoms with Crippen molar-refractivity contribution in [1.29, 1.82) is 5.26 Å². The minimum absolute atomic E-state index is 0.0709. The molecule has 3 rings (SSSR count). The Kier molecular flexibility index (Phi) is 6.58. The maximum Gasteiger partial charge on any atom is 0.337 e. The van der Waals surface area contributed by atoms with Crippen molar-refractivity contribution in [3.05, 3.63) is 58.1 Å². The van der Waals surface area contributed by atoms with Crippen molar-refractivity contribution in [1.82, 2.24) is 0 Å². The number of carboxylic acid groups (broad SMARTS) is 1. The fourth-order valence-electron chi connectivity index (χ4n) is 2.95. The van der Waals surface area contributed by atoms with E-state index < -0.39 is 11.9 Å². The average molecular weight is 440 g/mol. The number of amides is 1. The molecule has 0 aromatic heterocycles. The van der Waals surface area contributed by atoms with Gasteiger partial charge in [0.25, 0.3) is 5.91 Å². The van der Waals surface area contributed by atoms with Gasteiger partial charge in [-0.25, -0.2) is 4.79 Å². The van der Waals surface area contributed by atoms with E-state index in [9.17, 15) is 14.7 Å². The van der Waals surface area contributed by atoms with Gasteiger partial charge in [0, 0.05) is 0 Å². The Morgan fingerprint density at radius 3 is 2.71 bits per heavy atom. The summed E-state index contributed by atoms with van der Waals surface area (Å²) >= 11 is 5.91. The van der Waals surface area contributed by atoms with Crippen LogP contribution in [-0.2, 0) is 4.79 Å². The summed E-state index contributed by atoms with van der Waals surface area (Å²) in [6.07, 6.45) is 1.66. The lowest BCUT2D eigenvalue weighted by Crippen LogP contribution is -2.21. The Hall–Kier alpha value is -3.83. The first-order valence-corrected chi connectivity index (χ1v) is 9.64. The zero-order chi connectivity index (χ0) is 22.5. The molecule has 158 valence electrons. The number of hydrogen-bond donors (Lipinski definition) is 1. The third kappa shape index (κ3) is 4.68. The van der Waals surface area contributed by atoms with Crippen LogP contribution in [0.3, 0.4) is 0 Å². The van der Waals surface area contributed by atoms with E-state index in [1.54, 1.807) is 31.2 Å². The van der Waals surface area contributed by atoms with Gasteiger partial charge in [-0.1, -0.05) is 17.7 Å². The zero-order valence-electron chi connectivity index (χ0n) is 16.8. The number of benzene rings is 2. The summed E-state index contributed by atoms with van der Waals surface area (Å²) in [6, 6.07) is 11.2. The molecule has 2 aromatic carbocycles. The highest BCUT2D eigenvalue weighted by Crippen LogP contribution is 2.32. The molecule has 0 bridgehead atoms. The van der Waals surface area contributed by atoms with Crippen molar-refractivity contribution in [2.75, 3.05) is 18.2 Å². The number of hydrogen-bond acceptors (Lipinski definition) is 6. The van der Waals surface area contributed by atoms with E-state index >= 15 is 0 Å². The summed E-state index contributed by atoms with van der Waals surface area (Å²) in [7, 11) is 0. The molecule has 1 amide bonds. The van der Waals surface area contributed by atoms with Crippen LogP contribution >= 0.6 is 11.6 Å². The molecule has 0 saturated carbocycles. The lowest BCUT2D eigenvalue weighted by atomic mass is 10.1. The number of halogens is 1. The highest BCUT2D eigenvalue weighted by atomic mass is 35.5. The van der Waals surface area contributed by atoms with Gasteiger partial charge in [-0.3, -0.25) is 4.79 Å². The van der Waals surface area contributed by atoms with Gasteiger partial charge in [0.1, 0.15) is 6.07 Å². The van der Waals surface area contributed by atoms with Crippen LogP contribution in [-0.4, -0.2) is 35.9 Å². The first-order chi connectivity index (χ1) is 14.8. The maximum absolute atomic E-state index is 13.0. The molecule has 1 aliphatic heterocycles. The summed E-state index contributed by atoms with van der Waals surface area (Å²) in [5.41, 5.74) is 1.67. The number of carbonyl (C=O) groups is 2. The van der Waals surface area contributed by atoms with Gasteiger partial charge in [-0.2, -0.15) is 15.4 Å². The number of hydrazone groups is 1. The molecule has 0 radical (unpaired) electrons. The smallest absolute Gasteiger partial charge is 0.337 e. The highest BCUT2D eigenvalue weighted by molar-refractivity contribution is 6.34. The summed E-state index contributed by atoms with van der Waals surface area (Å²) in [5, 5.41) is 23.5. The molecule has 31 heavy (non-hydrogen) atoms. The van der Waals surface area contributed by atoms with Crippen molar-refractivity contribution in [3.63, 3.8) is 0 Å². The molecular formula is C22H18ClN3O5. The quantitative estimate of drug-likeness (QED) is 0.648. The maximum atomic E-state index is 13.0. The molecule has 0 atom stereocenters. The fourth-order valence-corrected chi connectivity index (χ4v) is 3.15. The number of carbonyl (C=O) groups excluding carboxylic acids is 1. The van der Waals surface area contributed by atoms with Gasteiger partial charge in [0.05, 0.1) is 34.2 Å². The number of ether oxygens (including phenoxy) is 2. The highest BCUT2D eigenvalue weighted by Gasteiger charge is 2.29. The summed E-state index contributed by atoms with van der Waals surface area (Å²) in [5.74, 6) is -0.721. The Morgan fingerprint density at radius 1 is 1.26 bits per heavy atom. The largest absolute Gasteiger partial charge is 0.490 e. The standard InChI is InChI=1S/C22H18ClN3O5/c1-3-30-20-11-14(4-7-19(20)31-9-8-24)10-16-13(2)25-26(21(16)27)15-5-6-18(23)17(12-15)22(28)29/h4-7,10-12H,3,9H2,1-2H3,(H,28,29)/b16-10-. The molecule has 0 aliphatic carbocycles. The molecular weight excluding hydrogens is 422 g/mol. The second kappa shape index (κ2) is 9.32. The fraction of sp³-hybridized carbons (Fsp3) is 0.182. The second-order valence-electron chi connectivity index (χ2n) is 6.42. The van der Waals surface area contributed by atoms with E-state index in [1.165, 1.54) is 18.2 Å². The monoisotopic (exact) mass is 439 g/mol. The number of nitriles is 1. The van der Waals surface area contributed by atoms with Crippen molar-refractivity contribution < 1.29 is 24.2 Å². The third-order valence-corrected chi connectivity index (χ3v) is 4.69. The minimum atomic E-state index is -1.20. The first kappa shape index (κ1) is 21.9. The molecule has 0 fully saturated rings. The van der Waals surface area contributed by atoms with E-state index in [0.717, 1.165) is 5.01 Å². The van der Waals surface area contributed by atoms with Gasteiger partial charge in [0.2, 0.25) is 0 Å². The molecule has 8 nitrogen and oxygen atoms in total. The second-order valence-corrected chi connectivity index (χ2v) is 6.82. The van der Waals surface area contributed by atoms with Crippen LogP contribution in [0.4, 0.5) is 5.69 Å². The minimum Gasteiger partial charge on any atom is -0.490 e. The Labute approximate surface area is 183 Å². The van der Waals surface area contributed by atoms with Crippen molar-refractivity contribution in [2.24, 2.45) is 5.10 Å². The summed E-state index contributed by atoms with van der Waals surface area (Å²) in [4.78, 5) is 24.3. The normalized spacial score (nSPS) is 14.4. The predicted octanol–water partition coefficient (Wildman–Crippen LogP) is 4.15. The average Bonchev–Trinajstić information content (AvgIpc) is 3.02. The van der Waals surface area contributed by atoms with Gasteiger partial charge in [-0.05, 0) is 55.8 Å². The van der Waals surface area contributed by atoms with Crippen molar-refractivity contribution in [3.8, 4) is 17.6 Å². The van der Waals surface area contributed by atoms with Gasteiger partial charge < -0.3 is 14.6 Å². The van der Waals surface area contributed by atoms with Crippen LogP contribution in [0.2, 0.25) is 5.02 Å². The van der Waals surface area contributed by atoms with E-state index in [1.807, 2.05) is 13.0 Å². The van der Waals surface area contributed by atoms with Crippen LogP contribution in [0.15, 0.2) is 47.1 Å². The molecule has 2 aromatic rings. The first-order valence-electron chi connectivity index (χ1n) is 9.26. The van der Waals surface area contributed by atoms with Gasteiger partial charge in [0.15, 0.2) is 18.1 Å². The van der Waals surface area contributed by atoms with E-state index in [2.05, 4.69) is 5.10 Å².